The highest BCUT2D eigenvalue weighted by molar-refractivity contribution is 9.10. The number of carbonyl (C=O) groups is 2. The topological polar surface area (TPSA) is 115 Å². The first-order valence-corrected chi connectivity index (χ1v) is 13.8. The summed E-state index contributed by atoms with van der Waals surface area (Å²) in [6.45, 7) is 7.22. The number of benzene rings is 2. The first-order valence-electron chi connectivity index (χ1n) is 13.0. The number of methoxy groups -OCH3 is 1. The lowest BCUT2D eigenvalue weighted by atomic mass is 10.0. The minimum atomic E-state index is -0.547. The number of anilines is 3. The van der Waals surface area contributed by atoms with Gasteiger partial charge < -0.3 is 29.7 Å². The van der Waals surface area contributed by atoms with Crippen LogP contribution in [-0.4, -0.2) is 65.9 Å². The van der Waals surface area contributed by atoms with E-state index in [2.05, 4.69) is 36.5 Å². The van der Waals surface area contributed by atoms with E-state index >= 15 is 0 Å². The molecular formula is C29H34BrN5O5. The Bertz CT molecular complexity index is 1400. The van der Waals surface area contributed by atoms with E-state index in [-0.39, 0.29) is 12.0 Å². The highest BCUT2D eigenvalue weighted by Gasteiger charge is 2.25. The number of nitrogens with zero attached hydrogens (tertiary/aromatic N) is 3. The van der Waals surface area contributed by atoms with Crippen LogP contribution in [0.25, 0.3) is 10.9 Å². The van der Waals surface area contributed by atoms with Gasteiger partial charge in [-0.15, -0.1) is 0 Å². The van der Waals surface area contributed by atoms with Gasteiger partial charge in [0.2, 0.25) is 5.91 Å². The second kappa shape index (κ2) is 13.1. The molecular weight excluding hydrogens is 578 g/mol. The van der Waals surface area contributed by atoms with Crippen LogP contribution >= 0.6 is 15.9 Å². The number of fused-ring (bicyclic) bond motifs is 1. The second-order valence-corrected chi connectivity index (χ2v) is 11.2. The third-order valence-electron chi connectivity index (χ3n) is 6.02. The molecule has 0 saturated carbocycles. The molecule has 10 nitrogen and oxygen atoms in total. The maximum absolute atomic E-state index is 13.1. The van der Waals surface area contributed by atoms with E-state index in [1.54, 1.807) is 30.2 Å². The first-order chi connectivity index (χ1) is 19.1. The van der Waals surface area contributed by atoms with Crippen molar-refractivity contribution in [2.75, 3.05) is 44.0 Å². The van der Waals surface area contributed by atoms with Gasteiger partial charge in [-0.2, -0.15) is 0 Å². The molecule has 2 amide bonds. The van der Waals surface area contributed by atoms with Gasteiger partial charge in [-0.25, -0.2) is 14.8 Å². The average Bonchev–Trinajstić information content (AvgIpc) is 2.89. The van der Waals surface area contributed by atoms with Crippen molar-refractivity contribution in [1.82, 2.24) is 14.9 Å². The van der Waals surface area contributed by atoms with Crippen LogP contribution in [0, 0.1) is 0 Å². The zero-order valence-electron chi connectivity index (χ0n) is 23.1. The fraction of sp³-hybridized carbons (Fsp3) is 0.379. The maximum Gasteiger partial charge on any atom is 0.410 e. The Morgan fingerprint density at radius 1 is 1.10 bits per heavy atom. The number of amides is 2. The first kappa shape index (κ1) is 29.3. The SMILES string of the molecule is COCCOc1cc2ncnc(Nc3cccc(Br)c3)c2cc1NC(=O)C=C1CCN(C(=O)OC(C)(C)C)CC1. The largest absolute Gasteiger partial charge is 0.489 e. The number of halogens is 1. The monoisotopic (exact) mass is 611 g/mol. The number of carbonyl (C=O) groups excluding carboxylic acids is 2. The van der Waals surface area contributed by atoms with Gasteiger partial charge in [0.15, 0.2) is 0 Å². The number of hydrogen-bond acceptors (Lipinski definition) is 8. The van der Waals surface area contributed by atoms with Crippen LogP contribution in [0.15, 0.2) is 58.8 Å². The summed E-state index contributed by atoms with van der Waals surface area (Å²) in [7, 11) is 1.60. The minimum Gasteiger partial charge on any atom is -0.489 e. The van der Waals surface area contributed by atoms with Crippen molar-refractivity contribution < 1.29 is 23.8 Å². The van der Waals surface area contributed by atoms with Crippen LogP contribution in [-0.2, 0) is 14.3 Å². The van der Waals surface area contributed by atoms with E-state index in [9.17, 15) is 9.59 Å². The zero-order chi connectivity index (χ0) is 28.7. The van der Waals surface area contributed by atoms with Gasteiger partial charge in [-0.1, -0.05) is 27.6 Å². The molecule has 0 atom stereocenters. The summed E-state index contributed by atoms with van der Waals surface area (Å²) < 4.78 is 17.4. The molecule has 40 heavy (non-hydrogen) atoms. The van der Waals surface area contributed by atoms with Crippen molar-refractivity contribution in [1.29, 1.82) is 0 Å². The molecule has 0 aliphatic carbocycles. The number of hydrogen-bond donors (Lipinski definition) is 2. The number of nitrogens with one attached hydrogen (secondary N) is 2. The lowest BCUT2D eigenvalue weighted by molar-refractivity contribution is -0.112. The molecule has 212 valence electrons. The zero-order valence-corrected chi connectivity index (χ0v) is 24.7. The Morgan fingerprint density at radius 3 is 2.58 bits per heavy atom. The Hall–Kier alpha value is -3.70. The molecule has 0 spiro atoms. The molecule has 2 aromatic carbocycles. The van der Waals surface area contributed by atoms with E-state index in [0.717, 1.165) is 21.1 Å². The van der Waals surface area contributed by atoms with E-state index in [1.165, 1.54) is 6.33 Å². The van der Waals surface area contributed by atoms with E-state index in [4.69, 9.17) is 14.2 Å². The number of piperidine rings is 1. The molecule has 2 heterocycles. The van der Waals surface area contributed by atoms with Crippen molar-refractivity contribution >= 4 is 56.0 Å². The molecule has 1 fully saturated rings. The van der Waals surface area contributed by atoms with Gasteiger partial charge in [0, 0.05) is 47.9 Å². The van der Waals surface area contributed by atoms with Crippen molar-refractivity contribution in [2.45, 2.75) is 39.2 Å². The Balaban J connectivity index is 1.53. The average molecular weight is 613 g/mol. The van der Waals surface area contributed by atoms with Gasteiger partial charge in [-0.3, -0.25) is 4.79 Å². The number of aromatic nitrogens is 2. The standard InChI is InChI=1S/C29H34BrN5O5/c1-29(2,3)40-28(37)35-10-8-19(9-11-35)14-26(36)34-24-16-22-23(17-25(24)39-13-12-38-4)31-18-32-27(22)33-21-7-5-6-20(30)15-21/h5-7,14-18H,8-13H2,1-4H3,(H,34,36)(H,31,32,33). The van der Waals surface area contributed by atoms with Gasteiger partial charge in [0.25, 0.3) is 0 Å². The van der Waals surface area contributed by atoms with Gasteiger partial charge >= 0.3 is 6.09 Å². The fourth-order valence-corrected chi connectivity index (χ4v) is 4.54. The molecule has 1 aliphatic rings. The quantitative estimate of drug-likeness (QED) is 0.233. The molecule has 2 N–H and O–H groups in total. The van der Waals surface area contributed by atoms with Crippen LogP contribution in [0.4, 0.5) is 22.0 Å². The Morgan fingerprint density at radius 2 is 1.88 bits per heavy atom. The van der Waals surface area contributed by atoms with Gasteiger partial charge in [0.1, 0.15) is 30.1 Å². The predicted molar refractivity (Wildman–Crippen MR) is 158 cm³/mol. The van der Waals surface area contributed by atoms with Crippen molar-refractivity contribution in [3.63, 3.8) is 0 Å². The predicted octanol–water partition coefficient (Wildman–Crippen LogP) is 6.06. The fourth-order valence-electron chi connectivity index (χ4n) is 4.14. The molecule has 0 radical (unpaired) electrons. The van der Waals surface area contributed by atoms with Gasteiger partial charge in [0.05, 0.1) is 17.8 Å². The third-order valence-corrected chi connectivity index (χ3v) is 6.51. The Labute approximate surface area is 242 Å². The molecule has 1 saturated heterocycles. The van der Waals surface area contributed by atoms with E-state index < -0.39 is 5.60 Å². The summed E-state index contributed by atoms with van der Waals surface area (Å²) in [4.78, 5) is 36.0. The van der Waals surface area contributed by atoms with Crippen LogP contribution in [0.3, 0.4) is 0 Å². The normalized spacial score (nSPS) is 13.6. The molecule has 11 heteroatoms. The maximum atomic E-state index is 13.1. The lowest BCUT2D eigenvalue weighted by Gasteiger charge is -2.30. The number of ether oxygens (including phenoxy) is 3. The van der Waals surface area contributed by atoms with Crippen LogP contribution in [0.5, 0.6) is 5.75 Å². The summed E-state index contributed by atoms with van der Waals surface area (Å²) >= 11 is 3.49. The molecule has 4 rings (SSSR count). The van der Waals surface area contributed by atoms with Crippen LogP contribution < -0.4 is 15.4 Å². The third kappa shape index (κ3) is 8.15. The van der Waals surface area contributed by atoms with Crippen molar-refractivity contribution in [3.8, 4) is 5.75 Å². The van der Waals surface area contributed by atoms with Crippen LogP contribution in [0.1, 0.15) is 33.6 Å². The molecule has 1 aliphatic heterocycles. The second-order valence-electron chi connectivity index (χ2n) is 10.3. The van der Waals surface area contributed by atoms with Gasteiger partial charge in [-0.05, 0) is 57.9 Å². The Kier molecular flexibility index (Phi) is 9.59. The highest BCUT2D eigenvalue weighted by atomic mass is 79.9. The summed E-state index contributed by atoms with van der Waals surface area (Å²) in [5.74, 6) is 0.785. The van der Waals surface area contributed by atoms with Crippen LogP contribution in [0.2, 0.25) is 0 Å². The molecule has 3 aromatic rings. The van der Waals surface area contributed by atoms with Crippen molar-refractivity contribution in [2.24, 2.45) is 0 Å². The molecule has 0 bridgehead atoms. The highest BCUT2D eigenvalue weighted by Crippen LogP contribution is 2.34. The summed E-state index contributed by atoms with van der Waals surface area (Å²) in [6, 6.07) is 11.3. The molecule has 0 unspecified atom stereocenters. The summed E-state index contributed by atoms with van der Waals surface area (Å²) in [5.41, 5.74) is 2.41. The smallest absolute Gasteiger partial charge is 0.410 e. The van der Waals surface area contributed by atoms with Crippen molar-refractivity contribution in [3.05, 3.63) is 58.8 Å². The minimum absolute atomic E-state index is 0.282. The summed E-state index contributed by atoms with van der Waals surface area (Å²) in [5, 5.41) is 7.01. The molecule has 1 aromatic heterocycles. The number of likely N-dealkylation sites (tertiary alicyclic amines) is 1. The van der Waals surface area contributed by atoms with E-state index in [1.807, 2.05) is 45.0 Å². The summed E-state index contributed by atoms with van der Waals surface area (Å²) in [6.07, 6.45) is 3.93. The lowest BCUT2D eigenvalue weighted by Crippen LogP contribution is -2.40. The van der Waals surface area contributed by atoms with E-state index in [0.29, 0.717) is 61.9 Å². The number of rotatable bonds is 8.